The van der Waals surface area contributed by atoms with Crippen molar-refractivity contribution in [2.75, 3.05) is 6.54 Å². The number of rotatable bonds is 4. The first-order valence-electron chi connectivity index (χ1n) is 6.45. The maximum atomic E-state index is 13.3. The third-order valence-corrected chi connectivity index (χ3v) is 2.81. The van der Waals surface area contributed by atoms with Gasteiger partial charge in [0.05, 0.1) is 12.1 Å². The Morgan fingerprint density at radius 1 is 1.38 bits per heavy atom. The Kier molecular flexibility index (Phi) is 5.88. The standard InChI is InChI=1S/C15H18FN3O2/c1-9(2)13(14(18)20)19-15(21)12-8-11(16)6-5-10(12)4-3-7-17/h5-6,8-9,13H,7,17H2,1-2H3,(H2,18,20)(H,19,21). The fraction of sp³-hybridized carbons (Fsp3) is 0.333. The van der Waals surface area contributed by atoms with Crippen LogP contribution in [0.1, 0.15) is 29.8 Å². The molecule has 0 heterocycles. The summed E-state index contributed by atoms with van der Waals surface area (Å²) in [7, 11) is 0. The van der Waals surface area contributed by atoms with Crippen molar-refractivity contribution in [3.8, 4) is 11.8 Å². The summed E-state index contributed by atoms with van der Waals surface area (Å²) < 4.78 is 13.3. The van der Waals surface area contributed by atoms with Crippen molar-refractivity contribution < 1.29 is 14.0 Å². The van der Waals surface area contributed by atoms with Crippen molar-refractivity contribution in [2.24, 2.45) is 17.4 Å². The summed E-state index contributed by atoms with van der Waals surface area (Å²) in [5.41, 5.74) is 10.9. The lowest BCUT2D eigenvalue weighted by Gasteiger charge is -2.19. The minimum Gasteiger partial charge on any atom is -0.368 e. The normalized spacial score (nSPS) is 11.5. The molecule has 0 aromatic heterocycles. The molecule has 5 N–H and O–H groups in total. The summed E-state index contributed by atoms with van der Waals surface area (Å²) in [4.78, 5) is 23.5. The van der Waals surface area contributed by atoms with Crippen molar-refractivity contribution in [3.05, 3.63) is 35.1 Å². The zero-order chi connectivity index (χ0) is 16.0. The van der Waals surface area contributed by atoms with Gasteiger partial charge in [-0.05, 0) is 24.1 Å². The highest BCUT2D eigenvalue weighted by Gasteiger charge is 2.23. The Bertz CT molecular complexity index is 603. The van der Waals surface area contributed by atoms with Gasteiger partial charge >= 0.3 is 0 Å². The number of nitrogens with one attached hydrogen (secondary N) is 1. The molecule has 0 radical (unpaired) electrons. The number of hydrogen-bond donors (Lipinski definition) is 3. The van der Waals surface area contributed by atoms with Gasteiger partial charge in [0, 0.05) is 5.56 Å². The summed E-state index contributed by atoms with van der Waals surface area (Å²) in [6.07, 6.45) is 0. The topological polar surface area (TPSA) is 98.2 Å². The molecule has 1 aromatic carbocycles. The average molecular weight is 291 g/mol. The number of hydrogen-bond acceptors (Lipinski definition) is 3. The fourth-order valence-corrected chi connectivity index (χ4v) is 1.74. The van der Waals surface area contributed by atoms with Gasteiger partial charge in [-0.1, -0.05) is 25.7 Å². The van der Waals surface area contributed by atoms with Crippen LogP contribution in [0.5, 0.6) is 0 Å². The van der Waals surface area contributed by atoms with E-state index in [1.807, 2.05) is 0 Å². The molecule has 1 unspecified atom stereocenters. The average Bonchev–Trinajstić information content (AvgIpc) is 2.42. The third-order valence-electron chi connectivity index (χ3n) is 2.81. The Hall–Kier alpha value is -2.39. The summed E-state index contributed by atoms with van der Waals surface area (Å²) in [5, 5.41) is 2.50. The van der Waals surface area contributed by atoms with Crippen molar-refractivity contribution in [3.63, 3.8) is 0 Å². The molecular formula is C15H18FN3O2. The van der Waals surface area contributed by atoms with E-state index < -0.39 is 23.7 Å². The van der Waals surface area contributed by atoms with E-state index in [0.717, 1.165) is 6.07 Å². The smallest absolute Gasteiger partial charge is 0.253 e. The van der Waals surface area contributed by atoms with Gasteiger partial charge in [0.1, 0.15) is 11.9 Å². The van der Waals surface area contributed by atoms with Gasteiger partial charge in [0.15, 0.2) is 0 Å². The number of amides is 2. The minimum absolute atomic E-state index is 0.0443. The van der Waals surface area contributed by atoms with E-state index in [9.17, 15) is 14.0 Å². The van der Waals surface area contributed by atoms with Crippen LogP contribution in [0, 0.1) is 23.6 Å². The number of benzene rings is 1. The molecule has 5 nitrogen and oxygen atoms in total. The lowest BCUT2D eigenvalue weighted by Crippen LogP contribution is -2.47. The molecule has 0 bridgehead atoms. The maximum Gasteiger partial charge on any atom is 0.253 e. The van der Waals surface area contributed by atoms with Crippen LogP contribution < -0.4 is 16.8 Å². The van der Waals surface area contributed by atoms with Crippen molar-refractivity contribution in [2.45, 2.75) is 19.9 Å². The summed E-state index contributed by atoms with van der Waals surface area (Å²) in [6.45, 7) is 3.61. The van der Waals surface area contributed by atoms with Gasteiger partial charge < -0.3 is 16.8 Å². The van der Waals surface area contributed by atoms with Crippen LogP contribution in [0.15, 0.2) is 18.2 Å². The van der Waals surface area contributed by atoms with Crippen molar-refractivity contribution in [1.82, 2.24) is 5.32 Å². The molecule has 0 saturated heterocycles. The molecule has 6 heteroatoms. The number of primary amides is 1. The molecule has 0 fully saturated rings. The van der Waals surface area contributed by atoms with Crippen LogP contribution in [0.4, 0.5) is 4.39 Å². The third kappa shape index (κ3) is 4.58. The highest BCUT2D eigenvalue weighted by Crippen LogP contribution is 2.12. The fourth-order valence-electron chi connectivity index (χ4n) is 1.74. The lowest BCUT2D eigenvalue weighted by molar-refractivity contribution is -0.120. The van der Waals surface area contributed by atoms with Crippen LogP contribution in [-0.2, 0) is 4.79 Å². The predicted molar refractivity (Wildman–Crippen MR) is 77.6 cm³/mol. The van der Waals surface area contributed by atoms with E-state index in [4.69, 9.17) is 11.5 Å². The molecule has 1 aromatic rings. The van der Waals surface area contributed by atoms with Gasteiger partial charge in [-0.3, -0.25) is 9.59 Å². The zero-order valence-corrected chi connectivity index (χ0v) is 11.9. The number of nitrogens with two attached hydrogens (primary N) is 2. The first kappa shape index (κ1) is 16.7. The predicted octanol–water partition coefficient (Wildman–Crippen LogP) is 0.376. The summed E-state index contributed by atoms with van der Waals surface area (Å²) >= 11 is 0. The van der Waals surface area contributed by atoms with Crippen LogP contribution in [0.25, 0.3) is 0 Å². The molecule has 0 aliphatic rings. The molecule has 0 aliphatic carbocycles. The molecule has 1 rings (SSSR count). The largest absolute Gasteiger partial charge is 0.368 e. The van der Waals surface area contributed by atoms with Crippen molar-refractivity contribution in [1.29, 1.82) is 0 Å². The Morgan fingerprint density at radius 3 is 2.57 bits per heavy atom. The molecule has 21 heavy (non-hydrogen) atoms. The van der Waals surface area contributed by atoms with E-state index in [0.29, 0.717) is 5.56 Å². The van der Waals surface area contributed by atoms with Crippen molar-refractivity contribution >= 4 is 11.8 Å². The Balaban J connectivity index is 3.11. The van der Waals surface area contributed by atoms with E-state index in [1.54, 1.807) is 13.8 Å². The zero-order valence-electron chi connectivity index (χ0n) is 11.9. The van der Waals surface area contributed by atoms with Gasteiger partial charge in [-0.2, -0.15) is 0 Å². The molecule has 2 amide bonds. The minimum atomic E-state index is -0.837. The highest BCUT2D eigenvalue weighted by atomic mass is 19.1. The van der Waals surface area contributed by atoms with Gasteiger partial charge in [0.25, 0.3) is 5.91 Å². The maximum absolute atomic E-state index is 13.3. The molecule has 0 saturated carbocycles. The van der Waals surface area contributed by atoms with E-state index in [1.165, 1.54) is 12.1 Å². The molecule has 0 spiro atoms. The van der Waals surface area contributed by atoms with Gasteiger partial charge in [-0.15, -0.1) is 0 Å². The van der Waals surface area contributed by atoms with Crippen LogP contribution in [-0.4, -0.2) is 24.4 Å². The second-order valence-electron chi connectivity index (χ2n) is 4.79. The van der Waals surface area contributed by atoms with E-state index in [2.05, 4.69) is 17.2 Å². The van der Waals surface area contributed by atoms with Gasteiger partial charge in [-0.25, -0.2) is 4.39 Å². The number of carbonyl (C=O) groups excluding carboxylic acids is 2. The lowest BCUT2D eigenvalue weighted by atomic mass is 10.0. The summed E-state index contributed by atoms with van der Waals surface area (Å²) in [5.74, 6) is 3.29. The van der Waals surface area contributed by atoms with Gasteiger partial charge in [0.2, 0.25) is 5.91 Å². The van der Waals surface area contributed by atoms with E-state index in [-0.39, 0.29) is 18.0 Å². The Morgan fingerprint density at radius 2 is 2.05 bits per heavy atom. The van der Waals surface area contributed by atoms with Crippen LogP contribution in [0.3, 0.4) is 0 Å². The second-order valence-corrected chi connectivity index (χ2v) is 4.79. The quantitative estimate of drug-likeness (QED) is 0.699. The first-order chi connectivity index (χ1) is 9.86. The van der Waals surface area contributed by atoms with Crippen LogP contribution >= 0.6 is 0 Å². The number of halogens is 1. The SMILES string of the molecule is CC(C)C(NC(=O)c1cc(F)ccc1C#CCN)C(N)=O. The summed E-state index contributed by atoms with van der Waals surface area (Å²) in [6, 6.07) is 2.82. The number of carbonyl (C=O) groups is 2. The Labute approximate surface area is 122 Å². The monoisotopic (exact) mass is 291 g/mol. The molecular weight excluding hydrogens is 273 g/mol. The van der Waals surface area contributed by atoms with E-state index >= 15 is 0 Å². The molecule has 0 aliphatic heterocycles. The molecule has 112 valence electrons. The van der Waals surface area contributed by atoms with Crippen LogP contribution in [0.2, 0.25) is 0 Å². The molecule has 1 atom stereocenters. The highest BCUT2D eigenvalue weighted by molar-refractivity contribution is 5.99. The second kappa shape index (κ2) is 7.41. The first-order valence-corrected chi connectivity index (χ1v) is 6.45.